The highest BCUT2D eigenvalue weighted by Gasteiger charge is 2.27. The van der Waals surface area contributed by atoms with Crippen molar-refractivity contribution in [2.45, 2.75) is 69.7 Å². The van der Waals surface area contributed by atoms with E-state index in [4.69, 9.17) is 4.52 Å². The lowest BCUT2D eigenvalue weighted by Gasteiger charge is -2.38. The van der Waals surface area contributed by atoms with Gasteiger partial charge < -0.3 is 4.52 Å². The van der Waals surface area contributed by atoms with Gasteiger partial charge in [-0.2, -0.15) is 0 Å². The van der Waals surface area contributed by atoms with Crippen LogP contribution in [0.4, 0.5) is 0 Å². The van der Waals surface area contributed by atoms with Crippen LogP contribution < -0.4 is 5.43 Å². The van der Waals surface area contributed by atoms with Crippen LogP contribution in [0, 0.1) is 13.8 Å². The minimum Gasteiger partial charge on any atom is -0.361 e. The highest BCUT2D eigenvalue weighted by molar-refractivity contribution is 7.98. The number of piperidine rings is 1. The zero-order valence-electron chi connectivity index (χ0n) is 15.9. The van der Waals surface area contributed by atoms with Gasteiger partial charge in [0.1, 0.15) is 5.76 Å². The van der Waals surface area contributed by atoms with Crippen molar-refractivity contribution >= 4 is 17.7 Å². The number of hydrogen-bond donors (Lipinski definition) is 1. The molecule has 2 aromatic rings. The number of benzene rings is 1. The van der Waals surface area contributed by atoms with Crippen LogP contribution in [0.3, 0.4) is 0 Å². The van der Waals surface area contributed by atoms with Crippen LogP contribution in [0.5, 0.6) is 0 Å². The molecule has 0 unspecified atom stereocenters. The van der Waals surface area contributed by atoms with E-state index in [0.29, 0.717) is 17.6 Å². The number of amides is 1. The van der Waals surface area contributed by atoms with Crippen molar-refractivity contribution in [1.82, 2.24) is 15.6 Å². The quantitative estimate of drug-likeness (QED) is 0.783. The van der Waals surface area contributed by atoms with E-state index in [1.807, 2.05) is 38.1 Å². The fourth-order valence-corrected chi connectivity index (χ4v) is 4.66. The average Bonchev–Trinajstić information content (AvgIpc) is 2.94. The number of carbonyl (C=O) groups excluding carboxylic acids is 1. The molecule has 0 radical (unpaired) electrons. The van der Waals surface area contributed by atoms with Crippen molar-refractivity contribution in [1.29, 1.82) is 0 Å². The van der Waals surface area contributed by atoms with Crippen molar-refractivity contribution in [2.75, 3.05) is 0 Å². The molecule has 2 atom stereocenters. The summed E-state index contributed by atoms with van der Waals surface area (Å²) in [7, 11) is 0. The minimum atomic E-state index is -0.0348. The molecule has 1 aromatic heterocycles. The summed E-state index contributed by atoms with van der Waals surface area (Å²) in [5, 5.41) is 6.12. The summed E-state index contributed by atoms with van der Waals surface area (Å²) in [5.41, 5.74) is 5.87. The van der Waals surface area contributed by atoms with Gasteiger partial charge in [-0.15, -0.1) is 11.8 Å². The summed E-state index contributed by atoms with van der Waals surface area (Å²) >= 11 is 1.65. The van der Waals surface area contributed by atoms with Crippen molar-refractivity contribution in [3.8, 4) is 0 Å². The lowest BCUT2D eigenvalue weighted by atomic mass is 10.00. The van der Waals surface area contributed by atoms with E-state index >= 15 is 0 Å². The molecule has 1 fully saturated rings. The van der Waals surface area contributed by atoms with E-state index in [-0.39, 0.29) is 5.91 Å². The summed E-state index contributed by atoms with van der Waals surface area (Å²) in [5.74, 6) is 1.54. The molecule has 26 heavy (non-hydrogen) atoms. The van der Waals surface area contributed by atoms with E-state index in [2.05, 4.69) is 29.4 Å². The lowest BCUT2D eigenvalue weighted by Crippen LogP contribution is -2.54. The van der Waals surface area contributed by atoms with Gasteiger partial charge in [-0.1, -0.05) is 23.7 Å². The van der Waals surface area contributed by atoms with E-state index in [9.17, 15) is 4.79 Å². The van der Waals surface area contributed by atoms with Crippen molar-refractivity contribution in [3.05, 3.63) is 46.8 Å². The summed E-state index contributed by atoms with van der Waals surface area (Å²) in [6.45, 7) is 8.22. The minimum absolute atomic E-state index is 0.0348. The van der Waals surface area contributed by atoms with Crippen LogP contribution in [0.2, 0.25) is 0 Å². The van der Waals surface area contributed by atoms with E-state index in [0.717, 1.165) is 40.5 Å². The first-order valence-corrected chi connectivity index (χ1v) is 10.2. The molecule has 140 valence electrons. The monoisotopic (exact) mass is 373 g/mol. The molecule has 0 bridgehead atoms. The SMILES string of the molecule is Cc1noc(C)c1CSc1ccccc1C(=O)NN1[C@H](C)CCC[C@H]1C. The molecule has 0 spiro atoms. The van der Waals surface area contributed by atoms with Crippen LogP contribution in [-0.4, -0.2) is 28.2 Å². The Morgan fingerprint density at radius 3 is 2.62 bits per heavy atom. The first kappa shape index (κ1) is 19.0. The zero-order chi connectivity index (χ0) is 18.7. The first-order chi connectivity index (χ1) is 12.5. The second-order valence-corrected chi connectivity index (χ2v) is 8.08. The third-order valence-electron chi connectivity index (χ3n) is 5.11. The molecule has 0 saturated carbocycles. The molecule has 6 heteroatoms. The zero-order valence-corrected chi connectivity index (χ0v) is 16.7. The largest absolute Gasteiger partial charge is 0.361 e. The number of aromatic nitrogens is 1. The fraction of sp³-hybridized carbons (Fsp3) is 0.500. The lowest BCUT2D eigenvalue weighted by molar-refractivity contribution is 0.0367. The Bertz CT molecular complexity index is 745. The smallest absolute Gasteiger partial charge is 0.266 e. The van der Waals surface area contributed by atoms with Crippen LogP contribution in [-0.2, 0) is 5.75 Å². The second kappa shape index (κ2) is 8.27. The molecule has 1 saturated heterocycles. The van der Waals surface area contributed by atoms with Gasteiger partial charge in [-0.25, -0.2) is 5.01 Å². The predicted molar refractivity (Wildman–Crippen MR) is 104 cm³/mol. The number of nitrogens with one attached hydrogen (secondary N) is 1. The van der Waals surface area contributed by atoms with E-state index in [1.165, 1.54) is 6.42 Å². The molecule has 1 aliphatic heterocycles. The van der Waals surface area contributed by atoms with E-state index < -0.39 is 0 Å². The topological polar surface area (TPSA) is 58.4 Å². The van der Waals surface area contributed by atoms with E-state index in [1.54, 1.807) is 11.8 Å². The Hall–Kier alpha value is -1.79. The maximum Gasteiger partial charge on any atom is 0.266 e. The fourth-order valence-electron chi connectivity index (χ4n) is 3.46. The standard InChI is InChI=1S/C20H27N3O2S/c1-13-8-7-9-14(2)23(13)21-20(24)17-10-5-6-11-19(17)26-12-18-15(3)22-25-16(18)4/h5-6,10-11,13-14H,7-9,12H2,1-4H3,(H,21,24)/t13-,14-/m1/s1. The Kier molecular flexibility index (Phi) is 6.04. The molecule has 2 heterocycles. The van der Waals surface area contributed by atoms with Crippen molar-refractivity contribution in [2.24, 2.45) is 0 Å². The van der Waals surface area contributed by atoms with Crippen molar-refractivity contribution < 1.29 is 9.32 Å². The Balaban J connectivity index is 1.73. The van der Waals surface area contributed by atoms with Gasteiger partial charge >= 0.3 is 0 Å². The highest BCUT2D eigenvalue weighted by atomic mass is 32.2. The number of hydrazine groups is 1. The molecule has 3 rings (SSSR count). The van der Waals surface area contributed by atoms with Gasteiger partial charge in [-0.3, -0.25) is 10.2 Å². The number of aryl methyl sites for hydroxylation is 2. The number of rotatable bonds is 5. The van der Waals surface area contributed by atoms with Gasteiger partial charge in [0, 0.05) is 28.3 Å². The Morgan fingerprint density at radius 1 is 1.27 bits per heavy atom. The Labute approximate surface area is 159 Å². The molecular weight excluding hydrogens is 346 g/mol. The number of hydrogen-bond acceptors (Lipinski definition) is 5. The molecule has 1 amide bonds. The second-order valence-electron chi connectivity index (χ2n) is 7.06. The predicted octanol–water partition coefficient (Wildman–Crippen LogP) is 4.49. The van der Waals surface area contributed by atoms with Crippen LogP contribution in [0.1, 0.15) is 60.5 Å². The molecule has 1 aliphatic rings. The van der Waals surface area contributed by atoms with Crippen LogP contribution in [0.15, 0.2) is 33.7 Å². The van der Waals surface area contributed by atoms with Gasteiger partial charge in [0.25, 0.3) is 5.91 Å². The highest BCUT2D eigenvalue weighted by Crippen LogP contribution is 2.29. The third-order valence-corrected chi connectivity index (χ3v) is 6.21. The summed E-state index contributed by atoms with van der Waals surface area (Å²) in [6, 6.07) is 8.51. The third kappa shape index (κ3) is 4.13. The van der Waals surface area contributed by atoms with Crippen LogP contribution in [0.25, 0.3) is 0 Å². The summed E-state index contributed by atoms with van der Waals surface area (Å²) < 4.78 is 5.24. The molecular formula is C20H27N3O2S. The molecule has 1 aromatic carbocycles. The Morgan fingerprint density at radius 2 is 1.96 bits per heavy atom. The number of carbonyl (C=O) groups is 1. The van der Waals surface area contributed by atoms with Crippen molar-refractivity contribution in [3.63, 3.8) is 0 Å². The normalized spacial score (nSPS) is 20.9. The maximum atomic E-state index is 12.9. The maximum absolute atomic E-state index is 12.9. The van der Waals surface area contributed by atoms with Gasteiger partial charge in [0.05, 0.1) is 11.3 Å². The average molecular weight is 374 g/mol. The van der Waals surface area contributed by atoms with Gasteiger partial charge in [0.15, 0.2) is 0 Å². The summed E-state index contributed by atoms with van der Waals surface area (Å²) in [6.07, 6.45) is 3.46. The first-order valence-electron chi connectivity index (χ1n) is 9.20. The molecule has 1 N–H and O–H groups in total. The summed E-state index contributed by atoms with van der Waals surface area (Å²) in [4.78, 5) is 13.9. The number of nitrogens with zero attached hydrogens (tertiary/aromatic N) is 2. The number of thioether (sulfide) groups is 1. The molecule has 0 aliphatic carbocycles. The van der Waals surface area contributed by atoms with Gasteiger partial charge in [-0.05, 0) is 52.7 Å². The van der Waals surface area contributed by atoms with Crippen LogP contribution >= 0.6 is 11.8 Å². The molecule has 5 nitrogen and oxygen atoms in total. The van der Waals surface area contributed by atoms with Gasteiger partial charge in [0.2, 0.25) is 0 Å².